The molecule has 0 bridgehead atoms. The van der Waals surface area contributed by atoms with E-state index in [0.29, 0.717) is 13.2 Å². The van der Waals surface area contributed by atoms with Crippen molar-refractivity contribution in [2.24, 2.45) is 0 Å². The van der Waals surface area contributed by atoms with E-state index in [2.05, 4.69) is 20.2 Å². The number of morpholine rings is 1. The Morgan fingerprint density at radius 2 is 2.53 bits per heavy atom. The highest BCUT2D eigenvalue weighted by Crippen LogP contribution is 2.22. The number of hydrogen-bond acceptors (Lipinski definition) is 7. The molecule has 1 aromatic heterocycles. The molecular weight excluding hydrogens is 274 g/mol. The molecule has 0 aliphatic carbocycles. The second kappa shape index (κ2) is 6.09. The van der Waals surface area contributed by atoms with Crippen molar-refractivity contribution in [1.82, 2.24) is 14.9 Å². The smallest absolute Gasteiger partial charge is 0.329 e. The molecule has 2 heterocycles. The number of aromatic nitrogens is 2. The van der Waals surface area contributed by atoms with E-state index in [4.69, 9.17) is 16.3 Å². The maximum atomic E-state index is 10.8. The Morgan fingerprint density at radius 3 is 3.21 bits per heavy atom. The molecule has 0 spiro atoms. The van der Waals surface area contributed by atoms with Gasteiger partial charge in [0, 0.05) is 19.6 Å². The Bertz CT molecular complexity index is 472. The summed E-state index contributed by atoms with van der Waals surface area (Å²) in [6.07, 6.45) is 1.05. The molecule has 0 radical (unpaired) electrons. The molecule has 1 unspecified atom stereocenters. The predicted octanol–water partition coefficient (Wildman–Crippen LogP) is 0.781. The van der Waals surface area contributed by atoms with Gasteiger partial charge in [0.2, 0.25) is 11.1 Å². The number of nitrogens with one attached hydrogen (secondary N) is 1. The van der Waals surface area contributed by atoms with E-state index in [1.54, 1.807) is 0 Å². The van der Waals surface area contributed by atoms with E-state index in [1.165, 1.54) is 0 Å². The Morgan fingerprint density at radius 1 is 1.74 bits per heavy atom. The van der Waals surface area contributed by atoms with Gasteiger partial charge in [-0.1, -0.05) is 0 Å². The standard InChI is InChI=1S/C10H14ClN5O3/c1-15-2-3-19-7(6-15)4-12-9-8(16(17)18)5-13-10(11)14-9/h5,7H,2-4,6H2,1H3,(H,12,13,14). The SMILES string of the molecule is CN1CCOC(CNc2nc(Cl)ncc2[N+](=O)[O-])C1. The second-order valence-corrected chi connectivity index (χ2v) is 4.60. The summed E-state index contributed by atoms with van der Waals surface area (Å²) in [7, 11) is 2.00. The maximum absolute atomic E-state index is 10.8. The summed E-state index contributed by atoms with van der Waals surface area (Å²) in [6.45, 7) is 2.73. The highest BCUT2D eigenvalue weighted by molar-refractivity contribution is 6.28. The van der Waals surface area contributed by atoms with Crippen LogP contribution in [0.2, 0.25) is 5.28 Å². The zero-order chi connectivity index (χ0) is 13.8. The lowest BCUT2D eigenvalue weighted by Crippen LogP contribution is -2.43. The van der Waals surface area contributed by atoms with Crippen molar-refractivity contribution in [2.75, 3.05) is 38.6 Å². The number of halogens is 1. The molecule has 1 aliphatic rings. The molecule has 9 heteroatoms. The summed E-state index contributed by atoms with van der Waals surface area (Å²) in [4.78, 5) is 19.9. The van der Waals surface area contributed by atoms with E-state index < -0.39 is 4.92 Å². The molecule has 1 aromatic rings. The molecule has 0 amide bonds. The Balaban J connectivity index is 2.02. The maximum Gasteiger partial charge on any atom is 0.329 e. The number of anilines is 1. The minimum atomic E-state index is -0.549. The van der Waals surface area contributed by atoms with Crippen molar-refractivity contribution in [3.8, 4) is 0 Å². The quantitative estimate of drug-likeness (QED) is 0.497. The lowest BCUT2D eigenvalue weighted by molar-refractivity contribution is -0.384. The molecule has 2 rings (SSSR count). The molecule has 8 nitrogen and oxygen atoms in total. The van der Waals surface area contributed by atoms with Crippen LogP contribution in [0.5, 0.6) is 0 Å². The Kier molecular flexibility index (Phi) is 4.46. The lowest BCUT2D eigenvalue weighted by Gasteiger charge is -2.30. The van der Waals surface area contributed by atoms with E-state index >= 15 is 0 Å². The third-order valence-corrected chi connectivity index (χ3v) is 2.96. The summed E-state index contributed by atoms with van der Waals surface area (Å²) in [5.74, 6) is 0.113. The van der Waals surface area contributed by atoms with Gasteiger partial charge >= 0.3 is 5.69 Å². The fraction of sp³-hybridized carbons (Fsp3) is 0.600. The molecule has 1 fully saturated rings. The first-order valence-electron chi connectivity index (χ1n) is 5.77. The summed E-state index contributed by atoms with van der Waals surface area (Å²) in [6, 6.07) is 0. The van der Waals surface area contributed by atoms with Gasteiger partial charge in [0.1, 0.15) is 6.20 Å². The summed E-state index contributed by atoms with van der Waals surface area (Å²) in [5, 5.41) is 13.7. The summed E-state index contributed by atoms with van der Waals surface area (Å²) in [5.41, 5.74) is -0.200. The van der Waals surface area contributed by atoms with Crippen LogP contribution in [-0.2, 0) is 4.74 Å². The van der Waals surface area contributed by atoms with Crippen molar-refractivity contribution >= 4 is 23.1 Å². The number of nitrogens with zero attached hydrogens (tertiary/aromatic N) is 4. The molecule has 1 aliphatic heterocycles. The van der Waals surface area contributed by atoms with Crippen molar-refractivity contribution in [3.05, 3.63) is 21.6 Å². The number of rotatable bonds is 4. The zero-order valence-corrected chi connectivity index (χ0v) is 11.1. The minimum absolute atomic E-state index is 0.0326. The minimum Gasteiger partial charge on any atom is -0.374 e. The molecule has 104 valence electrons. The van der Waals surface area contributed by atoms with Crippen LogP contribution in [-0.4, -0.2) is 59.2 Å². The first-order chi connectivity index (χ1) is 9.06. The summed E-state index contributed by atoms with van der Waals surface area (Å²) < 4.78 is 5.55. The fourth-order valence-corrected chi connectivity index (χ4v) is 1.95. The highest BCUT2D eigenvalue weighted by atomic mass is 35.5. The van der Waals surface area contributed by atoms with Crippen molar-refractivity contribution < 1.29 is 9.66 Å². The molecule has 0 saturated carbocycles. The normalized spacial score (nSPS) is 20.2. The van der Waals surface area contributed by atoms with Crippen LogP contribution in [0.4, 0.5) is 11.5 Å². The van der Waals surface area contributed by atoms with Gasteiger partial charge in [0.15, 0.2) is 0 Å². The van der Waals surface area contributed by atoms with Gasteiger partial charge in [-0.3, -0.25) is 10.1 Å². The largest absolute Gasteiger partial charge is 0.374 e. The summed E-state index contributed by atoms with van der Waals surface area (Å²) >= 11 is 5.64. The van der Waals surface area contributed by atoms with Crippen LogP contribution in [0, 0.1) is 10.1 Å². The lowest BCUT2D eigenvalue weighted by atomic mass is 10.3. The van der Waals surface area contributed by atoms with Gasteiger partial charge in [0.25, 0.3) is 0 Å². The molecule has 1 saturated heterocycles. The Hall–Kier alpha value is -1.51. The van der Waals surface area contributed by atoms with Crippen LogP contribution < -0.4 is 5.32 Å². The fourth-order valence-electron chi connectivity index (χ4n) is 1.82. The number of ether oxygens (including phenoxy) is 1. The van der Waals surface area contributed by atoms with Crippen molar-refractivity contribution in [2.45, 2.75) is 6.10 Å². The van der Waals surface area contributed by atoms with Gasteiger partial charge in [-0.25, -0.2) is 4.98 Å². The van der Waals surface area contributed by atoms with Crippen LogP contribution >= 0.6 is 11.6 Å². The average Bonchev–Trinajstić information content (AvgIpc) is 2.36. The van der Waals surface area contributed by atoms with Crippen LogP contribution in [0.25, 0.3) is 0 Å². The van der Waals surface area contributed by atoms with Crippen LogP contribution in [0.1, 0.15) is 0 Å². The molecule has 0 aromatic carbocycles. The third-order valence-electron chi connectivity index (χ3n) is 2.78. The van der Waals surface area contributed by atoms with E-state index in [0.717, 1.165) is 19.3 Å². The van der Waals surface area contributed by atoms with Crippen LogP contribution in [0.15, 0.2) is 6.20 Å². The van der Waals surface area contributed by atoms with Gasteiger partial charge < -0.3 is 15.0 Å². The highest BCUT2D eigenvalue weighted by Gasteiger charge is 2.21. The van der Waals surface area contributed by atoms with E-state index in [9.17, 15) is 10.1 Å². The molecule has 1 atom stereocenters. The first kappa shape index (κ1) is 13.9. The van der Waals surface area contributed by atoms with Crippen LogP contribution in [0.3, 0.4) is 0 Å². The molecular formula is C10H14ClN5O3. The zero-order valence-electron chi connectivity index (χ0n) is 10.4. The van der Waals surface area contributed by atoms with E-state index in [-0.39, 0.29) is 22.9 Å². The monoisotopic (exact) mass is 287 g/mol. The average molecular weight is 288 g/mol. The number of hydrogen-bond donors (Lipinski definition) is 1. The van der Waals surface area contributed by atoms with Crippen molar-refractivity contribution in [1.29, 1.82) is 0 Å². The van der Waals surface area contributed by atoms with Gasteiger partial charge in [-0.2, -0.15) is 4.98 Å². The Labute approximate surface area is 114 Å². The third kappa shape index (κ3) is 3.72. The molecule has 19 heavy (non-hydrogen) atoms. The van der Waals surface area contributed by atoms with Gasteiger partial charge in [-0.15, -0.1) is 0 Å². The number of nitro groups is 1. The second-order valence-electron chi connectivity index (χ2n) is 4.27. The molecule has 1 N–H and O–H groups in total. The van der Waals surface area contributed by atoms with Gasteiger partial charge in [-0.05, 0) is 18.6 Å². The first-order valence-corrected chi connectivity index (χ1v) is 6.15. The topological polar surface area (TPSA) is 93.4 Å². The van der Waals surface area contributed by atoms with E-state index in [1.807, 2.05) is 7.05 Å². The van der Waals surface area contributed by atoms with Crippen molar-refractivity contribution in [3.63, 3.8) is 0 Å². The predicted molar refractivity (Wildman–Crippen MR) is 69.4 cm³/mol. The number of likely N-dealkylation sites (N-methyl/N-ethyl adjacent to an activating group) is 1. The van der Waals surface area contributed by atoms with Gasteiger partial charge in [0.05, 0.1) is 17.6 Å².